The van der Waals surface area contributed by atoms with Crippen molar-refractivity contribution >= 4 is 22.7 Å². The van der Waals surface area contributed by atoms with Gasteiger partial charge in [-0.3, -0.25) is 4.79 Å². The minimum absolute atomic E-state index is 0.0327. The topological polar surface area (TPSA) is 73.3 Å². The molecule has 1 aliphatic carbocycles. The van der Waals surface area contributed by atoms with Crippen LogP contribution in [0.2, 0.25) is 0 Å². The van der Waals surface area contributed by atoms with Crippen LogP contribution in [0, 0.1) is 0 Å². The van der Waals surface area contributed by atoms with E-state index >= 15 is 0 Å². The number of carbonyl (C=O) groups is 1. The van der Waals surface area contributed by atoms with Crippen molar-refractivity contribution < 1.29 is 4.79 Å². The quantitative estimate of drug-likeness (QED) is 0.788. The number of aryl methyl sites for hydroxylation is 1. The lowest BCUT2D eigenvalue weighted by molar-refractivity contribution is -0.122. The molecule has 0 spiro atoms. The number of carbonyl (C=O) groups excluding carboxylic acids is 1. The number of hydrogen-bond acceptors (Lipinski definition) is 3. The van der Waals surface area contributed by atoms with Gasteiger partial charge in [0.25, 0.3) is 0 Å². The van der Waals surface area contributed by atoms with Gasteiger partial charge in [-0.15, -0.1) is 5.10 Å². The first-order valence-electron chi connectivity index (χ1n) is 9.05. The van der Waals surface area contributed by atoms with Crippen LogP contribution < -0.4 is 11.0 Å². The van der Waals surface area contributed by atoms with Gasteiger partial charge in [-0.2, -0.15) is 0 Å². The maximum Gasteiger partial charge on any atom is 0.352 e. The van der Waals surface area contributed by atoms with Crippen molar-refractivity contribution in [2.24, 2.45) is 0 Å². The van der Waals surface area contributed by atoms with E-state index in [1.54, 1.807) is 4.40 Å². The number of nitrogens with zero attached hydrogens (tertiary/aromatic N) is 4. The zero-order valence-corrected chi connectivity index (χ0v) is 14.4. The summed E-state index contributed by atoms with van der Waals surface area (Å²) in [6, 6.07) is 7.97. The highest BCUT2D eigenvalue weighted by Crippen LogP contribution is 2.18. The van der Waals surface area contributed by atoms with Crippen LogP contribution in [0.25, 0.3) is 16.8 Å². The maximum absolute atomic E-state index is 12.8. The standard InChI is InChI=1S/C18H23N5O2/c1-2-21-14-10-6-7-11-15(14)23-17(21)20-22(18(23)25)12-16(24)19-13-8-4-3-5-9-13/h6-7,10-11,13H,2-5,8-9,12H2,1H3,(H,19,24). The van der Waals surface area contributed by atoms with E-state index in [4.69, 9.17) is 0 Å². The van der Waals surface area contributed by atoms with E-state index in [1.165, 1.54) is 11.1 Å². The van der Waals surface area contributed by atoms with Crippen LogP contribution in [-0.4, -0.2) is 30.7 Å². The summed E-state index contributed by atoms with van der Waals surface area (Å²) in [6.45, 7) is 2.70. The first-order chi connectivity index (χ1) is 12.2. The molecule has 1 aliphatic rings. The number of imidazole rings is 1. The molecule has 0 aliphatic heterocycles. The summed E-state index contributed by atoms with van der Waals surface area (Å²) in [5.41, 5.74) is 1.53. The van der Waals surface area contributed by atoms with Crippen LogP contribution >= 0.6 is 0 Å². The predicted molar refractivity (Wildman–Crippen MR) is 95.6 cm³/mol. The number of fused-ring (bicyclic) bond motifs is 3. The molecule has 4 rings (SSSR count). The lowest BCUT2D eigenvalue weighted by Gasteiger charge is -2.22. The molecule has 1 fully saturated rings. The van der Waals surface area contributed by atoms with E-state index in [2.05, 4.69) is 10.4 Å². The molecule has 2 aromatic heterocycles. The summed E-state index contributed by atoms with van der Waals surface area (Å²) in [4.78, 5) is 25.1. The van der Waals surface area contributed by atoms with E-state index in [1.807, 2.05) is 35.8 Å². The zero-order chi connectivity index (χ0) is 17.4. The van der Waals surface area contributed by atoms with Gasteiger partial charge in [-0.1, -0.05) is 31.4 Å². The van der Waals surface area contributed by atoms with Crippen LogP contribution in [0.1, 0.15) is 39.0 Å². The number of hydrogen-bond donors (Lipinski definition) is 1. The smallest absolute Gasteiger partial charge is 0.352 e. The van der Waals surface area contributed by atoms with Gasteiger partial charge < -0.3 is 9.88 Å². The molecule has 1 aromatic carbocycles. The number of rotatable bonds is 4. The van der Waals surface area contributed by atoms with Crippen molar-refractivity contribution in [2.45, 2.75) is 58.2 Å². The first kappa shape index (κ1) is 15.9. The number of aromatic nitrogens is 4. The van der Waals surface area contributed by atoms with Crippen molar-refractivity contribution in [1.29, 1.82) is 0 Å². The van der Waals surface area contributed by atoms with Gasteiger partial charge >= 0.3 is 5.69 Å². The molecule has 1 N–H and O–H groups in total. The molecule has 1 amide bonds. The fourth-order valence-corrected chi connectivity index (χ4v) is 3.84. The zero-order valence-electron chi connectivity index (χ0n) is 14.4. The minimum atomic E-state index is -0.266. The second-order valence-corrected chi connectivity index (χ2v) is 6.71. The Kier molecular flexibility index (Phi) is 4.07. The lowest BCUT2D eigenvalue weighted by atomic mass is 9.95. The van der Waals surface area contributed by atoms with Crippen LogP contribution in [0.5, 0.6) is 0 Å². The van der Waals surface area contributed by atoms with Crippen LogP contribution in [-0.2, 0) is 17.9 Å². The van der Waals surface area contributed by atoms with Crippen LogP contribution in [0.4, 0.5) is 0 Å². The lowest BCUT2D eigenvalue weighted by Crippen LogP contribution is -2.40. The highest BCUT2D eigenvalue weighted by atomic mass is 16.2. The third-order valence-electron chi connectivity index (χ3n) is 5.06. The van der Waals surface area contributed by atoms with Gasteiger partial charge in [-0.05, 0) is 31.9 Å². The van der Waals surface area contributed by atoms with E-state index in [0.717, 1.165) is 36.7 Å². The Bertz CT molecular complexity index is 975. The molecule has 25 heavy (non-hydrogen) atoms. The number of amides is 1. The number of nitrogens with one attached hydrogen (secondary N) is 1. The first-order valence-corrected chi connectivity index (χ1v) is 9.05. The molecule has 0 unspecified atom stereocenters. The average molecular weight is 341 g/mol. The van der Waals surface area contributed by atoms with Crippen molar-refractivity contribution in [3.8, 4) is 0 Å². The fraction of sp³-hybridized carbons (Fsp3) is 0.500. The summed E-state index contributed by atoms with van der Waals surface area (Å²) in [6.07, 6.45) is 5.61. The molecule has 132 valence electrons. The second-order valence-electron chi connectivity index (χ2n) is 6.71. The van der Waals surface area contributed by atoms with E-state index in [0.29, 0.717) is 12.3 Å². The summed E-state index contributed by atoms with van der Waals surface area (Å²) in [5.74, 6) is 0.446. The van der Waals surface area contributed by atoms with Gasteiger partial charge in [0.2, 0.25) is 11.7 Å². The molecule has 0 saturated heterocycles. The Morgan fingerprint density at radius 3 is 2.64 bits per heavy atom. The molecule has 0 radical (unpaired) electrons. The molecule has 3 aromatic rings. The SMILES string of the molecule is CCn1c2ccccc2n2c(=O)n(CC(=O)NC3CCCCC3)nc12. The summed E-state index contributed by atoms with van der Waals surface area (Å²) in [5, 5.41) is 7.46. The van der Waals surface area contributed by atoms with E-state index in [9.17, 15) is 9.59 Å². The largest absolute Gasteiger partial charge is 0.352 e. The Hall–Kier alpha value is -2.57. The van der Waals surface area contributed by atoms with Crippen molar-refractivity contribution in [3.63, 3.8) is 0 Å². The predicted octanol–water partition coefficient (Wildman–Crippen LogP) is 1.92. The third kappa shape index (κ3) is 2.73. The van der Waals surface area contributed by atoms with Gasteiger partial charge in [0, 0.05) is 12.6 Å². The highest BCUT2D eigenvalue weighted by Gasteiger charge is 2.20. The van der Waals surface area contributed by atoms with Crippen molar-refractivity contribution in [3.05, 3.63) is 34.7 Å². The highest BCUT2D eigenvalue weighted by molar-refractivity contribution is 5.80. The summed E-state index contributed by atoms with van der Waals surface area (Å²) < 4.78 is 4.85. The monoisotopic (exact) mass is 341 g/mol. The van der Waals surface area contributed by atoms with Gasteiger partial charge in [-0.25, -0.2) is 13.9 Å². The second kappa shape index (κ2) is 6.38. The molecule has 0 atom stereocenters. The third-order valence-corrected chi connectivity index (χ3v) is 5.06. The van der Waals surface area contributed by atoms with E-state index in [-0.39, 0.29) is 24.2 Å². The van der Waals surface area contributed by atoms with Crippen LogP contribution in [0.3, 0.4) is 0 Å². The molecule has 7 nitrogen and oxygen atoms in total. The Labute approximate surface area is 145 Å². The normalized spacial score (nSPS) is 15.9. The van der Waals surface area contributed by atoms with Gasteiger partial charge in [0.15, 0.2) is 0 Å². The van der Waals surface area contributed by atoms with Gasteiger partial charge in [0.05, 0.1) is 11.0 Å². The van der Waals surface area contributed by atoms with Crippen molar-refractivity contribution in [1.82, 2.24) is 24.1 Å². The van der Waals surface area contributed by atoms with Crippen LogP contribution in [0.15, 0.2) is 29.1 Å². The molecule has 0 bridgehead atoms. The van der Waals surface area contributed by atoms with Gasteiger partial charge in [0.1, 0.15) is 6.54 Å². The molecule has 2 heterocycles. The number of para-hydroxylation sites is 2. The Balaban J connectivity index is 1.65. The Morgan fingerprint density at radius 2 is 1.92 bits per heavy atom. The molecule has 7 heteroatoms. The molecule has 1 saturated carbocycles. The minimum Gasteiger partial charge on any atom is -0.352 e. The van der Waals surface area contributed by atoms with Crippen molar-refractivity contribution in [2.75, 3.05) is 0 Å². The summed E-state index contributed by atoms with van der Waals surface area (Å²) in [7, 11) is 0. The fourth-order valence-electron chi connectivity index (χ4n) is 3.84. The number of benzene rings is 1. The average Bonchev–Trinajstić information content (AvgIpc) is 3.10. The Morgan fingerprint density at radius 1 is 1.20 bits per heavy atom. The molecular weight excluding hydrogens is 318 g/mol. The van der Waals surface area contributed by atoms with E-state index < -0.39 is 0 Å². The summed E-state index contributed by atoms with van der Waals surface area (Å²) >= 11 is 0. The molecular formula is C18H23N5O2. The maximum atomic E-state index is 12.8.